The summed E-state index contributed by atoms with van der Waals surface area (Å²) in [5.41, 5.74) is 2.54. The van der Waals surface area contributed by atoms with E-state index in [2.05, 4.69) is 0 Å². The Morgan fingerprint density at radius 1 is 1.15 bits per heavy atom. The molecule has 5 nitrogen and oxygen atoms in total. The molecule has 0 bridgehead atoms. The highest BCUT2D eigenvalue weighted by Crippen LogP contribution is 2.24. The first-order chi connectivity index (χ1) is 9.65. The van der Waals surface area contributed by atoms with Crippen molar-refractivity contribution < 1.29 is 9.72 Å². The third-order valence-electron chi connectivity index (χ3n) is 3.39. The Morgan fingerprint density at radius 2 is 1.95 bits per heavy atom. The monoisotopic (exact) mass is 268 g/mol. The second-order valence-corrected chi connectivity index (χ2v) is 4.75. The molecule has 0 unspecified atom stereocenters. The van der Waals surface area contributed by atoms with Gasteiger partial charge in [0.15, 0.2) is 0 Å². The van der Waals surface area contributed by atoms with Crippen LogP contribution in [0.4, 0.5) is 5.69 Å². The fourth-order valence-electron chi connectivity index (χ4n) is 2.43. The molecule has 1 aliphatic rings. The van der Waals surface area contributed by atoms with Crippen LogP contribution in [0.25, 0.3) is 0 Å². The minimum Gasteiger partial charge on any atom is -0.330 e. The van der Waals surface area contributed by atoms with Crippen LogP contribution in [-0.2, 0) is 13.1 Å². The summed E-state index contributed by atoms with van der Waals surface area (Å²) in [6.45, 7) is 0.937. The number of carbonyl (C=O) groups excluding carboxylic acids is 1. The summed E-state index contributed by atoms with van der Waals surface area (Å²) in [7, 11) is 0. The molecule has 1 heterocycles. The molecule has 1 amide bonds. The SMILES string of the molecule is O=C1c2ccccc2CN1Cc1cccc([N+](=O)[O-])c1. The molecular weight excluding hydrogens is 256 g/mol. The molecule has 0 aromatic heterocycles. The maximum Gasteiger partial charge on any atom is 0.269 e. The molecule has 0 atom stereocenters. The summed E-state index contributed by atoms with van der Waals surface area (Å²) < 4.78 is 0. The van der Waals surface area contributed by atoms with Crippen molar-refractivity contribution in [3.63, 3.8) is 0 Å². The first-order valence-corrected chi connectivity index (χ1v) is 6.25. The van der Waals surface area contributed by atoms with Crippen LogP contribution in [0.2, 0.25) is 0 Å². The van der Waals surface area contributed by atoms with Crippen molar-refractivity contribution in [2.24, 2.45) is 0 Å². The largest absolute Gasteiger partial charge is 0.330 e. The van der Waals surface area contributed by atoms with Crippen molar-refractivity contribution in [2.45, 2.75) is 13.1 Å². The highest BCUT2D eigenvalue weighted by molar-refractivity contribution is 5.98. The van der Waals surface area contributed by atoms with E-state index >= 15 is 0 Å². The molecule has 100 valence electrons. The molecule has 5 heteroatoms. The lowest BCUT2D eigenvalue weighted by Gasteiger charge is -2.15. The molecule has 2 aromatic carbocycles. The Hall–Kier alpha value is -2.69. The maximum absolute atomic E-state index is 12.2. The predicted octanol–water partition coefficient (Wildman–Crippen LogP) is 2.75. The van der Waals surface area contributed by atoms with E-state index in [4.69, 9.17) is 0 Å². The maximum atomic E-state index is 12.2. The normalized spacial score (nSPS) is 13.4. The van der Waals surface area contributed by atoms with Crippen LogP contribution in [0.1, 0.15) is 21.5 Å². The fraction of sp³-hybridized carbons (Fsp3) is 0.133. The molecule has 0 radical (unpaired) electrons. The first kappa shape index (κ1) is 12.3. The number of nitrogens with zero attached hydrogens (tertiary/aromatic N) is 2. The summed E-state index contributed by atoms with van der Waals surface area (Å²) in [6.07, 6.45) is 0. The number of rotatable bonds is 3. The number of non-ortho nitro benzene ring substituents is 1. The number of hydrogen-bond acceptors (Lipinski definition) is 3. The van der Waals surface area contributed by atoms with Crippen LogP contribution < -0.4 is 0 Å². The lowest BCUT2D eigenvalue weighted by atomic mass is 10.1. The standard InChI is InChI=1S/C15H12N2O3/c18-15-14-7-2-1-5-12(14)10-16(15)9-11-4-3-6-13(8-11)17(19)20/h1-8H,9-10H2. The number of benzene rings is 2. The average molecular weight is 268 g/mol. The van der Waals surface area contributed by atoms with Crippen LogP contribution >= 0.6 is 0 Å². The number of nitro benzene ring substituents is 1. The van der Waals surface area contributed by atoms with Crippen molar-refractivity contribution in [1.82, 2.24) is 4.90 Å². The van der Waals surface area contributed by atoms with E-state index in [0.717, 1.165) is 16.7 Å². The lowest BCUT2D eigenvalue weighted by molar-refractivity contribution is -0.384. The molecule has 2 aromatic rings. The van der Waals surface area contributed by atoms with E-state index in [0.29, 0.717) is 13.1 Å². The summed E-state index contributed by atoms with van der Waals surface area (Å²) >= 11 is 0. The van der Waals surface area contributed by atoms with Gasteiger partial charge in [-0.2, -0.15) is 0 Å². The topological polar surface area (TPSA) is 63.5 Å². The Bertz CT molecular complexity index is 697. The summed E-state index contributed by atoms with van der Waals surface area (Å²) in [5.74, 6) is -0.0212. The molecule has 0 aliphatic carbocycles. The van der Waals surface area contributed by atoms with Crippen LogP contribution in [0.3, 0.4) is 0 Å². The minimum atomic E-state index is -0.427. The van der Waals surface area contributed by atoms with Gasteiger partial charge >= 0.3 is 0 Å². The van der Waals surface area contributed by atoms with Crippen molar-refractivity contribution in [1.29, 1.82) is 0 Å². The van der Waals surface area contributed by atoms with Gasteiger partial charge in [-0.15, -0.1) is 0 Å². The van der Waals surface area contributed by atoms with Gasteiger partial charge < -0.3 is 4.90 Å². The van der Waals surface area contributed by atoms with E-state index in [1.807, 2.05) is 24.3 Å². The number of fused-ring (bicyclic) bond motifs is 1. The molecule has 0 spiro atoms. The Kier molecular flexibility index (Phi) is 2.95. The van der Waals surface area contributed by atoms with Gasteiger partial charge in [0.05, 0.1) is 4.92 Å². The summed E-state index contributed by atoms with van der Waals surface area (Å²) in [6, 6.07) is 13.9. The van der Waals surface area contributed by atoms with E-state index < -0.39 is 4.92 Å². The van der Waals surface area contributed by atoms with Crippen molar-refractivity contribution >= 4 is 11.6 Å². The zero-order valence-electron chi connectivity index (χ0n) is 10.7. The van der Waals surface area contributed by atoms with Crippen LogP contribution in [0.15, 0.2) is 48.5 Å². The van der Waals surface area contributed by atoms with Gasteiger partial charge in [-0.3, -0.25) is 14.9 Å². The quantitative estimate of drug-likeness (QED) is 0.635. The lowest BCUT2D eigenvalue weighted by Crippen LogP contribution is -2.23. The predicted molar refractivity (Wildman–Crippen MR) is 73.1 cm³/mol. The van der Waals surface area contributed by atoms with Gasteiger partial charge in [0, 0.05) is 30.8 Å². The van der Waals surface area contributed by atoms with Gasteiger partial charge in [0.2, 0.25) is 0 Å². The number of nitro groups is 1. The van der Waals surface area contributed by atoms with Crippen LogP contribution in [-0.4, -0.2) is 15.7 Å². The molecule has 3 rings (SSSR count). The molecule has 0 fully saturated rings. The number of carbonyl (C=O) groups is 1. The zero-order chi connectivity index (χ0) is 14.1. The van der Waals surface area contributed by atoms with Crippen LogP contribution in [0.5, 0.6) is 0 Å². The zero-order valence-corrected chi connectivity index (χ0v) is 10.7. The third kappa shape index (κ3) is 2.14. The van der Waals surface area contributed by atoms with Gasteiger partial charge in [0.25, 0.3) is 11.6 Å². The van der Waals surface area contributed by atoms with Gasteiger partial charge in [0.1, 0.15) is 0 Å². The van der Waals surface area contributed by atoms with Crippen molar-refractivity contribution in [3.05, 3.63) is 75.3 Å². The number of amides is 1. The Balaban J connectivity index is 1.82. The molecule has 20 heavy (non-hydrogen) atoms. The third-order valence-corrected chi connectivity index (χ3v) is 3.39. The smallest absolute Gasteiger partial charge is 0.269 e. The number of hydrogen-bond donors (Lipinski definition) is 0. The van der Waals surface area contributed by atoms with Crippen molar-refractivity contribution in [2.75, 3.05) is 0 Å². The van der Waals surface area contributed by atoms with Gasteiger partial charge in [-0.1, -0.05) is 30.3 Å². The molecular formula is C15H12N2O3. The summed E-state index contributed by atoms with van der Waals surface area (Å²) in [5, 5.41) is 10.8. The Morgan fingerprint density at radius 3 is 2.70 bits per heavy atom. The average Bonchev–Trinajstić information content (AvgIpc) is 2.76. The van der Waals surface area contributed by atoms with E-state index in [1.165, 1.54) is 12.1 Å². The first-order valence-electron chi connectivity index (χ1n) is 6.25. The van der Waals surface area contributed by atoms with E-state index in [1.54, 1.807) is 17.0 Å². The minimum absolute atomic E-state index is 0.0212. The van der Waals surface area contributed by atoms with Crippen molar-refractivity contribution in [3.8, 4) is 0 Å². The molecule has 1 aliphatic heterocycles. The van der Waals surface area contributed by atoms with Crippen LogP contribution in [0, 0.1) is 10.1 Å². The fourth-order valence-corrected chi connectivity index (χ4v) is 2.43. The van der Waals surface area contributed by atoms with E-state index in [-0.39, 0.29) is 11.6 Å². The van der Waals surface area contributed by atoms with Gasteiger partial charge in [-0.25, -0.2) is 0 Å². The van der Waals surface area contributed by atoms with Gasteiger partial charge in [-0.05, 0) is 17.2 Å². The summed E-state index contributed by atoms with van der Waals surface area (Å²) in [4.78, 5) is 24.2. The second-order valence-electron chi connectivity index (χ2n) is 4.75. The molecule has 0 saturated heterocycles. The highest BCUT2D eigenvalue weighted by Gasteiger charge is 2.26. The Labute approximate surface area is 115 Å². The highest BCUT2D eigenvalue weighted by atomic mass is 16.6. The van der Waals surface area contributed by atoms with E-state index in [9.17, 15) is 14.9 Å². The second kappa shape index (κ2) is 4.77. The molecule has 0 N–H and O–H groups in total. The molecule has 0 saturated carbocycles.